The minimum absolute atomic E-state index is 0.147. The molecule has 0 N–H and O–H groups in total. The van der Waals surface area contributed by atoms with E-state index in [0.717, 1.165) is 41.5 Å². The van der Waals surface area contributed by atoms with E-state index in [1.165, 1.54) is 43.1 Å². The molecule has 1 fully saturated rings. The van der Waals surface area contributed by atoms with Gasteiger partial charge in [-0.2, -0.15) is 8.42 Å². The van der Waals surface area contributed by atoms with Gasteiger partial charge in [-0.1, -0.05) is 57.6 Å². The Morgan fingerprint density at radius 3 is 2.44 bits per heavy atom. The molecule has 7 nitrogen and oxygen atoms in total. The first-order valence-corrected chi connectivity index (χ1v) is 15.4. The van der Waals surface area contributed by atoms with Crippen LogP contribution in [0.4, 0.5) is 0 Å². The van der Waals surface area contributed by atoms with Crippen LogP contribution in [0.1, 0.15) is 64.4 Å². The van der Waals surface area contributed by atoms with Crippen LogP contribution in [0.5, 0.6) is 11.5 Å². The normalized spacial score (nSPS) is 16.3. The summed E-state index contributed by atoms with van der Waals surface area (Å²) in [5.41, 5.74) is 0.754. The van der Waals surface area contributed by atoms with Crippen LogP contribution in [0.3, 0.4) is 0 Å². The van der Waals surface area contributed by atoms with Crippen LogP contribution in [0.25, 0.3) is 6.08 Å². The maximum Gasteiger partial charge on any atom is 0.294 e. The summed E-state index contributed by atoms with van der Waals surface area (Å²) in [6, 6.07) is 8.67. The van der Waals surface area contributed by atoms with Gasteiger partial charge in [0.25, 0.3) is 15.9 Å². The van der Waals surface area contributed by atoms with Crippen LogP contribution < -0.4 is 9.47 Å². The minimum Gasteiger partial charge on any atom is -0.493 e. The number of amides is 1. The lowest BCUT2D eigenvalue weighted by Crippen LogP contribution is -2.29. The summed E-state index contributed by atoms with van der Waals surface area (Å²) in [6.45, 7) is 4.95. The Hall–Kier alpha value is -2.30. The molecule has 0 aliphatic carbocycles. The summed E-state index contributed by atoms with van der Waals surface area (Å²) >= 11 is 2.15. The van der Waals surface area contributed by atoms with Gasteiger partial charge in [-0.3, -0.25) is 9.69 Å². The number of thiophene rings is 1. The molecule has 196 valence electrons. The first-order chi connectivity index (χ1) is 17.4. The van der Waals surface area contributed by atoms with Crippen molar-refractivity contribution in [2.45, 2.75) is 63.0 Å². The van der Waals surface area contributed by atoms with Gasteiger partial charge in [0.2, 0.25) is 0 Å². The minimum atomic E-state index is -3.87. The number of methoxy groups -OCH3 is 1. The van der Waals surface area contributed by atoms with Gasteiger partial charge in [-0.25, -0.2) is 0 Å². The predicted molar refractivity (Wildman–Crippen MR) is 148 cm³/mol. The highest BCUT2D eigenvalue weighted by Gasteiger charge is 2.34. The second-order valence-electron chi connectivity index (χ2n) is 8.32. The molecule has 2 heterocycles. The van der Waals surface area contributed by atoms with Gasteiger partial charge >= 0.3 is 0 Å². The first-order valence-electron chi connectivity index (χ1n) is 12.3. The van der Waals surface area contributed by atoms with E-state index in [1.807, 2.05) is 18.2 Å². The molecule has 0 bridgehead atoms. The van der Waals surface area contributed by atoms with Gasteiger partial charge in [-0.05, 0) is 60.3 Å². The molecule has 0 unspecified atom stereocenters. The molecule has 1 aliphatic rings. The summed E-state index contributed by atoms with van der Waals surface area (Å²) < 4.78 is 40.8. The molecule has 1 aromatic carbocycles. The maximum atomic E-state index is 12.9. The number of nitrogens with zero attached hydrogens (tertiary/aromatic N) is 2. The molecule has 2 aromatic rings. The zero-order valence-corrected chi connectivity index (χ0v) is 23.5. The lowest BCUT2D eigenvalue weighted by molar-refractivity contribution is -0.122. The van der Waals surface area contributed by atoms with Crippen molar-refractivity contribution in [1.82, 2.24) is 4.90 Å². The van der Waals surface area contributed by atoms with E-state index < -0.39 is 10.0 Å². The fourth-order valence-electron chi connectivity index (χ4n) is 3.70. The number of rotatable bonds is 14. The van der Waals surface area contributed by atoms with Gasteiger partial charge in [0.15, 0.2) is 16.7 Å². The fraction of sp³-hybridized carbons (Fsp3) is 0.462. The predicted octanol–water partition coefficient (Wildman–Crippen LogP) is 6.57. The van der Waals surface area contributed by atoms with Gasteiger partial charge in [0.1, 0.15) is 4.21 Å². The number of benzene rings is 1. The molecule has 1 amide bonds. The second-order valence-corrected chi connectivity index (χ2v) is 12.1. The highest BCUT2D eigenvalue weighted by atomic mass is 32.2. The number of unbranched alkanes of at least 4 members (excludes halogenated alkanes) is 6. The van der Waals surface area contributed by atoms with Crippen LogP contribution in [-0.4, -0.2) is 44.7 Å². The van der Waals surface area contributed by atoms with E-state index in [1.54, 1.807) is 31.6 Å². The summed E-state index contributed by atoms with van der Waals surface area (Å²) in [4.78, 5) is 14.7. The van der Waals surface area contributed by atoms with Crippen molar-refractivity contribution in [2.75, 3.05) is 20.3 Å². The van der Waals surface area contributed by atoms with E-state index in [-0.39, 0.29) is 15.3 Å². The van der Waals surface area contributed by atoms with Crippen LogP contribution in [0, 0.1) is 0 Å². The molecule has 3 rings (SSSR count). The topological polar surface area (TPSA) is 85.3 Å². The molecular formula is C26H34N2O5S3. The number of sulfonamides is 1. The molecule has 0 radical (unpaired) electrons. The van der Waals surface area contributed by atoms with Gasteiger partial charge in [0, 0.05) is 6.54 Å². The number of amidine groups is 1. The Kier molecular flexibility index (Phi) is 10.9. The summed E-state index contributed by atoms with van der Waals surface area (Å²) in [7, 11) is -2.29. The average molecular weight is 551 g/mol. The van der Waals surface area contributed by atoms with Crippen molar-refractivity contribution in [2.24, 2.45) is 4.40 Å². The zero-order valence-electron chi connectivity index (χ0n) is 21.1. The lowest BCUT2D eigenvalue weighted by Gasteiger charge is -2.12. The van der Waals surface area contributed by atoms with Crippen molar-refractivity contribution in [3.8, 4) is 11.5 Å². The fourth-order valence-corrected chi connectivity index (χ4v) is 6.91. The van der Waals surface area contributed by atoms with E-state index in [0.29, 0.717) is 29.6 Å². The third-order valence-corrected chi connectivity index (χ3v) is 9.40. The standard InChI is InChI=1S/C26H34N2O5S3/c1-4-6-7-8-9-10-11-16-33-21-15-14-20(18-22(21)32-3)19-23-25(29)28(5-2)26(35-23)27-36(30,31)24-13-12-17-34-24/h12-15,17-19H,4-11,16H2,1-3H3. The van der Waals surface area contributed by atoms with Gasteiger partial charge in [0.05, 0.1) is 18.6 Å². The highest BCUT2D eigenvalue weighted by molar-refractivity contribution is 8.19. The van der Waals surface area contributed by atoms with Crippen molar-refractivity contribution in [3.05, 3.63) is 46.2 Å². The Bertz CT molecular complexity index is 1170. The number of ether oxygens (including phenoxy) is 2. The second kappa shape index (κ2) is 13.9. The molecular weight excluding hydrogens is 516 g/mol. The first kappa shape index (κ1) is 28.3. The quantitative estimate of drug-likeness (QED) is 0.195. The Morgan fingerprint density at radius 1 is 1.03 bits per heavy atom. The van der Waals surface area contributed by atoms with Crippen molar-refractivity contribution in [3.63, 3.8) is 0 Å². The number of carbonyl (C=O) groups excluding carboxylic acids is 1. The van der Waals surface area contributed by atoms with Crippen LogP contribution >= 0.6 is 23.1 Å². The maximum absolute atomic E-state index is 12.9. The molecule has 1 saturated heterocycles. The number of likely N-dealkylation sites (N-methyl/N-ethyl adjacent to an activating group) is 1. The van der Waals surface area contributed by atoms with Crippen LogP contribution in [0.15, 0.2) is 49.2 Å². The monoisotopic (exact) mass is 550 g/mol. The largest absolute Gasteiger partial charge is 0.493 e. The Morgan fingerprint density at radius 2 is 1.78 bits per heavy atom. The smallest absolute Gasteiger partial charge is 0.294 e. The Labute approximate surface area is 222 Å². The third-order valence-electron chi connectivity index (χ3n) is 5.64. The molecule has 0 spiro atoms. The number of carbonyl (C=O) groups is 1. The molecule has 10 heteroatoms. The average Bonchev–Trinajstić information content (AvgIpc) is 3.50. The van der Waals surface area contributed by atoms with E-state index >= 15 is 0 Å². The summed E-state index contributed by atoms with van der Waals surface area (Å²) in [5.74, 6) is 0.973. The summed E-state index contributed by atoms with van der Waals surface area (Å²) in [6.07, 6.45) is 10.2. The molecule has 0 atom stereocenters. The molecule has 1 aliphatic heterocycles. The van der Waals surface area contributed by atoms with E-state index in [4.69, 9.17) is 9.47 Å². The van der Waals surface area contributed by atoms with Gasteiger partial charge in [-0.15, -0.1) is 15.7 Å². The van der Waals surface area contributed by atoms with Crippen molar-refractivity contribution >= 4 is 50.3 Å². The number of hydrogen-bond acceptors (Lipinski definition) is 7. The van der Waals surface area contributed by atoms with E-state index in [9.17, 15) is 13.2 Å². The number of hydrogen-bond donors (Lipinski definition) is 0. The summed E-state index contributed by atoms with van der Waals surface area (Å²) in [5, 5.41) is 1.84. The van der Waals surface area contributed by atoms with E-state index in [2.05, 4.69) is 11.3 Å². The molecule has 0 saturated carbocycles. The van der Waals surface area contributed by atoms with Gasteiger partial charge < -0.3 is 9.47 Å². The third kappa shape index (κ3) is 7.60. The Balaban J connectivity index is 1.67. The van der Waals surface area contributed by atoms with Crippen LogP contribution in [0.2, 0.25) is 0 Å². The molecule has 36 heavy (non-hydrogen) atoms. The lowest BCUT2D eigenvalue weighted by atomic mass is 10.1. The SMILES string of the molecule is CCCCCCCCCOc1ccc(C=C2SC(=NS(=O)(=O)c3cccs3)N(CC)C2=O)cc1OC. The zero-order chi connectivity index (χ0) is 26.0. The number of thioether (sulfide) groups is 1. The van der Waals surface area contributed by atoms with Crippen LogP contribution in [-0.2, 0) is 14.8 Å². The highest BCUT2D eigenvalue weighted by Crippen LogP contribution is 2.35. The molecule has 1 aromatic heterocycles. The van der Waals surface area contributed by atoms with Crippen molar-refractivity contribution in [1.29, 1.82) is 0 Å². The van der Waals surface area contributed by atoms with Crippen molar-refractivity contribution < 1.29 is 22.7 Å².